The molecule has 0 spiro atoms. The molecule has 2 heterocycles. The minimum absolute atomic E-state index is 0.124. The second kappa shape index (κ2) is 6.76. The Morgan fingerprint density at radius 1 is 1.41 bits per heavy atom. The number of alkyl halides is 3. The first-order chi connectivity index (χ1) is 10.2. The van der Waals surface area contributed by atoms with E-state index in [-0.39, 0.29) is 31.2 Å². The third-order valence-corrected chi connectivity index (χ3v) is 4.88. The minimum Gasteiger partial charge on any atom is -0.380 e. The van der Waals surface area contributed by atoms with Crippen molar-refractivity contribution in [3.8, 4) is 0 Å². The number of piperidine rings is 1. The predicted molar refractivity (Wildman–Crippen MR) is 76.4 cm³/mol. The van der Waals surface area contributed by atoms with Crippen molar-refractivity contribution in [1.29, 1.82) is 0 Å². The van der Waals surface area contributed by atoms with Crippen molar-refractivity contribution in [2.24, 2.45) is 0 Å². The number of halogens is 3. The van der Waals surface area contributed by atoms with Crippen LogP contribution in [0.1, 0.15) is 43.7 Å². The fraction of sp³-hybridized carbons (Fsp3) is 0.846. The van der Waals surface area contributed by atoms with Gasteiger partial charge >= 0.3 is 6.18 Å². The van der Waals surface area contributed by atoms with Gasteiger partial charge < -0.3 is 9.63 Å². The molecule has 0 amide bonds. The fourth-order valence-corrected chi connectivity index (χ4v) is 3.12. The Morgan fingerprint density at radius 3 is 2.59 bits per heavy atom. The molecule has 126 valence electrons. The monoisotopic (exact) mass is 339 g/mol. The van der Waals surface area contributed by atoms with Gasteiger partial charge in [-0.3, -0.25) is 4.90 Å². The molecule has 1 fully saturated rings. The number of likely N-dealkylation sites (tertiary alicyclic amines) is 1. The molecule has 1 N–H and O–H groups in total. The molecule has 1 atom stereocenters. The van der Waals surface area contributed by atoms with Crippen molar-refractivity contribution < 1.29 is 22.8 Å². The highest BCUT2D eigenvalue weighted by Crippen LogP contribution is 2.38. The van der Waals surface area contributed by atoms with Crippen LogP contribution >= 0.6 is 11.8 Å². The summed E-state index contributed by atoms with van der Waals surface area (Å²) in [5.41, 5.74) is -2.57. The van der Waals surface area contributed by atoms with Crippen LogP contribution in [0.15, 0.2) is 4.52 Å². The average Bonchev–Trinajstić information content (AvgIpc) is 2.89. The van der Waals surface area contributed by atoms with E-state index in [0.29, 0.717) is 18.3 Å². The molecule has 1 aromatic heterocycles. The van der Waals surface area contributed by atoms with Crippen molar-refractivity contribution >= 4 is 11.8 Å². The zero-order valence-electron chi connectivity index (χ0n) is 12.6. The molecule has 0 bridgehead atoms. The molecule has 1 aromatic rings. The highest BCUT2D eigenvalue weighted by molar-refractivity contribution is 7.99. The molecular formula is C13H20F3N3O2S. The normalized spacial score (nSPS) is 21.0. The standard InChI is InChI=1S/C13H20F3N3O2S/c1-3-22-9(2)11-17-10(21-18-11)8-19-6-4-12(20,5-7-19)13(14,15)16/h9,20H,3-8H2,1-2H3. The van der Waals surface area contributed by atoms with Gasteiger partial charge in [0.05, 0.1) is 11.8 Å². The molecule has 1 aliphatic heterocycles. The maximum atomic E-state index is 12.7. The fourth-order valence-electron chi connectivity index (χ4n) is 2.38. The summed E-state index contributed by atoms with van der Waals surface area (Å²) < 4.78 is 43.4. The lowest BCUT2D eigenvalue weighted by molar-refractivity contribution is -0.273. The van der Waals surface area contributed by atoms with Gasteiger partial charge in [0.2, 0.25) is 5.89 Å². The first-order valence-electron chi connectivity index (χ1n) is 7.20. The van der Waals surface area contributed by atoms with E-state index in [9.17, 15) is 18.3 Å². The Labute approximate surface area is 131 Å². The van der Waals surface area contributed by atoms with Crippen molar-refractivity contribution in [3.63, 3.8) is 0 Å². The van der Waals surface area contributed by atoms with E-state index in [4.69, 9.17) is 4.52 Å². The second-order valence-electron chi connectivity index (χ2n) is 5.45. The maximum absolute atomic E-state index is 12.7. The molecule has 0 saturated carbocycles. The number of aliphatic hydroxyl groups is 1. The highest BCUT2D eigenvalue weighted by Gasteiger charge is 2.54. The van der Waals surface area contributed by atoms with Crippen LogP contribution in [0.2, 0.25) is 0 Å². The lowest BCUT2D eigenvalue weighted by Crippen LogP contribution is -2.53. The van der Waals surface area contributed by atoms with Crippen LogP contribution in [0.3, 0.4) is 0 Å². The van der Waals surface area contributed by atoms with Gasteiger partial charge in [-0.25, -0.2) is 0 Å². The number of hydrogen-bond donors (Lipinski definition) is 1. The molecule has 1 saturated heterocycles. The van der Waals surface area contributed by atoms with E-state index in [0.717, 1.165) is 5.75 Å². The zero-order chi connectivity index (χ0) is 16.4. The lowest BCUT2D eigenvalue weighted by Gasteiger charge is -2.38. The highest BCUT2D eigenvalue weighted by atomic mass is 32.2. The smallest absolute Gasteiger partial charge is 0.380 e. The van der Waals surface area contributed by atoms with Gasteiger partial charge in [0.15, 0.2) is 11.4 Å². The Kier molecular flexibility index (Phi) is 5.39. The first-order valence-corrected chi connectivity index (χ1v) is 8.25. The van der Waals surface area contributed by atoms with Crippen molar-refractivity contribution in [3.05, 3.63) is 11.7 Å². The predicted octanol–water partition coefficient (Wildman–Crippen LogP) is 2.77. The summed E-state index contributed by atoms with van der Waals surface area (Å²) >= 11 is 1.69. The van der Waals surface area contributed by atoms with Gasteiger partial charge in [-0.15, -0.1) is 0 Å². The SMILES string of the molecule is CCSC(C)c1noc(CN2CCC(O)(C(F)(F)F)CC2)n1. The van der Waals surface area contributed by atoms with Crippen molar-refractivity contribution in [1.82, 2.24) is 15.0 Å². The number of rotatable bonds is 5. The zero-order valence-corrected chi connectivity index (χ0v) is 13.4. The largest absolute Gasteiger partial charge is 0.417 e. The molecule has 0 aliphatic carbocycles. The third-order valence-electron chi connectivity index (χ3n) is 3.83. The van der Waals surface area contributed by atoms with E-state index in [1.807, 2.05) is 13.8 Å². The summed E-state index contributed by atoms with van der Waals surface area (Å²) in [5.74, 6) is 1.94. The molecule has 1 unspecified atom stereocenters. The Hall–Kier alpha value is -0.800. The van der Waals surface area contributed by atoms with Crippen LogP contribution in [0.4, 0.5) is 13.2 Å². The summed E-state index contributed by atoms with van der Waals surface area (Å²) in [7, 11) is 0. The van der Waals surface area contributed by atoms with Crippen molar-refractivity contribution in [2.45, 2.75) is 50.3 Å². The van der Waals surface area contributed by atoms with Gasteiger partial charge in [0.1, 0.15) is 0 Å². The second-order valence-corrected chi connectivity index (χ2v) is 7.07. The molecule has 2 rings (SSSR count). The lowest BCUT2D eigenvalue weighted by atomic mass is 9.91. The van der Waals surface area contributed by atoms with E-state index in [1.165, 1.54) is 0 Å². The van der Waals surface area contributed by atoms with Gasteiger partial charge in [-0.2, -0.15) is 29.9 Å². The van der Waals surface area contributed by atoms with Gasteiger partial charge in [0, 0.05) is 13.1 Å². The molecular weight excluding hydrogens is 319 g/mol. The molecule has 0 aromatic carbocycles. The Balaban J connectivity index is 1.89. The van der Waals surface area contributed by atoms with Crippen molar-refractivity contribution in [2.75, 3.05) is 18.8 Å². The van der Waals surface area contributed by atoms with E-state index >= 15 is 0 Å². The van der Waals surface area contributed by atoms with Gasteiger partial charge in [-0.1, -0.05) is 12.1 Å². The summed E-state index contributed by atoms with van der Waals surface area (Å²) in [6, 6.07) is 0. The van der Waals surface area contributed by atoms with Crippen LogP contribution in [-0.2, 0) is 6.54 Å². The first kappa shape index (κ1) is 17.6. The topological polar surface area (TPSA) is 62.4 Å². The van der Waals surface area contributed by atoms with Crippen LogP contribution in [0.5, 0.6) is 0 Å². The average molecular weight is 339 g/mol. The summed E-state index contributed by atoms with van der Waals surface area (Å²) in [4.78, 5) is 6.07. The molecule has 9 heteroatoms. The molecule has 22 heavy (non-hydrogen) atoms. The molecule has 1 aliphatic rings. The molecule has 0 radical (unpaired) electrons. The Bertz CT molecular complexity index is 487. The van der Waals surface area contributed by atoms with Crippen LogP contribution in [-0.4, -0.2) is 50.8 Å². The molecule has 5 nitrogen and oxygen atoms in total. The number of aromatic nitrogens is 2. The minimum atomic E-state index is -4.58. The van der Waals surface area contributed by atoms with E-state index in [2.05, 4.69) is 10.1 Å². The quantitative estimate of drug-likeness (QED) is 0.890. The van der Waals surface area contributed by atoms with Gasteiger partial charge in [-0.05, 0) is 25.5 Å². The van der Waals surface area contributed by atoms with Crippen LogP contribution < -0.4 is 0 Å². The summed E-state index contributed by atoms with van der Waals surface area (Å²) in [5, 5.41) is 13.7. The van der Waals surface area contributed by atoms with Crippen LogP contribution in [0.25, 0.3) is 0 Å². The summed E-state index contributed by atoms with van der Waals surface area (Å²) in [6.07, 6.45) is -5.25. The third kappa shape index (κ3) is 3.94. The van der Waals surface area contributed by atoms with E-state index < -0.39 is 11.8 Å². The summed E-state index contributed by atoms with van der Waals surface area (Å²) in [6.45, 7) is 4.62. The van der Waals surface area contributed by atoms with E-state index in [1.54, 1.807) is 16.7 Å². The number of nitrogens with zero attached hydrogens (tertiary/aromatic N) is 3. The number of thioether (sulfide) groups is 1. The Morgan fingerprint density at radius 2 is 2.05 bits per heavy atom. The number of hydrogen-bond acceptors (Lipinski definition) is 6. The van der Waals surface area contributed by atoms with Gasteiger partial charge in [0.25, 0.3) is 0 Å². The maximum Gasteiger partial charge on any atom is 0.417 e. The van der Waals surface area contributed by atoms with Crippen LogP contribution in [0, 0.1) is 0 Å².